The predicted octanol–water partition coefficient (Wildman–Crippen LogP) is 3.26. The van der Waals surface area contributed by atoms with Gasteiger partial charge in [-0.1, -0.05) is 20.4 Å². The van der Waals surface area contributed by atoms with E-state index in [9.17, 15) is 0 Å². The molecule has 1 saturated heterocycles. The minimum atomic E-state index is 0.427. The Labute approximate surface area is 135 Å². The lowest BCUT2D eigenvalue weighted by Gasteiger charge is -2.27. The Morgan fingerprint density at radius 1 is 1.27 bits per heavy atom. The van der Waals surface area contributed by atoms with Crippen molar-refractivity contribution >= 4 is 0 Å². The molecule has 4 heteroatoms. The Bertz CT molecular complexity index is 550. The van der Waals surface area contributed by atoms with Crippen molar-refractivity contribution in [3.63, 3.8) is 0 Å². The van der Waals surface area contributed by atoms with Crippen LogP contribution in [-0.4, -0.2) is 46.4 Å². The summed E-state index contributed by atoms with van der Waals surface area (Å²) < 4.78 is 0. The fourth-order valence-electron chi connectivity index (χ4n) is 3.22. The van der Waals surface area contributed by atoms with Crippen molar-refractivity contribution < 1.29 is 0 Å². The summed E-state index contributed by atoms with van der Waals surface area (Å²) in [4.78, 5) is 14.3. The van der Waals surface area contributed by atoms with Gasteiger partial charge >= 0.3 is 0 Å². The number of aryl methyl sites for hydroxylation is 2. The van der Waals surface area contributed by atoms with Crippen molar-refractivity contribution in [2.24, 2.45) is 0 Å². The molecule has 1 fully saturated rings. The number of aromatic nitrogens is 2. The number of allylic oxidation sites excluding steroid dienone is 1. The molecule has 0 aromatic carbocycles. The van der Waals surface area contributed by atoms with Crippen molar-refractivity contribution in [3.8, 4) is 0 Å². The zero-order valence-corrected chi connectivity index (χ0v) is 15.0. The smallest absolute Gasteiger partial charge is 0.0759 e. The lowest BCUT2D eigenvalue weighted by Crippen LogP contribution is -2.36. The van der Waals surface area contributed by atoms with Gasteiger partial charge in [0, 0.05) is 31.9 Å². The van der Waals surface area contributed by atoms with Crippen LogP contribution < -0.4 is 0 Å². The zero-order valence-electron chi connectivity index (χ0n) is 15.0. The third-order valence-corrected chi connectivity index (χ3v) is 4.68. The molecule has 1 aromatic heterocycles. The maximum atomic E-state index is 4.81. The summed E-state index contributed by atoms with van der Waals surface area (Å²) in [5, 5.41) is 0. The highest BCUT2D eigenvalue weighted by atomic mass is 15.2. The maximum absolute atomic E-state index is 4.81. The number of rotatable bonds is 5. The van der Waals surface area contributed by atoms with E-state index in [1.165, 1.54) is 12.1 Å². The van der Waals surface area contributed by atoms with Gasteiger partial charge in [-0.25, -0.2) is 0 Å². The van der Waals surface area contributed by atoms with Crippen molar-refractivity contribution in [1.82, 2.24) is 19.8 Å². The summed E-state index contributed by atoms with van der Waals surface area (Å²) in [6.07, 6.45) is 2.33. The van der Waals surface area contributed by atoms with Gasteiger partial charge in [0.05, 0.1) is 22.8 Å². The van der Waals surface area contributed by atoms with E-state index in [4.69, 9.17) is 9.97 Å². The molecule has 22 heavy (non-hydrogen) atoms. The number of hydrogen-bond donors (Lipinski definition) is 0. The highest BCUT2D eigenvalue weighted by molar-refractivity contribution is 5.21. The molecule has 0 spiro atoms. The highest BCUT2D eigenvalue weighted by Gasteiger charge is 2.24. The summed E-state index contributed by atoms with van der Waals surface area (Å²) in [5.74, 6) is 0.427. The summed E-state index contributed by atoms with van der Waals surface area (Å²) in [6, 6.07) is 0.571. The van der Waals surface area contributed by atoms with Gasteiger partial charge in [0.2, 0.25) is 0 Å². The molecule has 1 aliphatic heterocycles. The molecule has 2 heterocycles. The predicted molar refractivity (Wildman–Crippen MR) is 91.9 cm³/mol. The lowest BCUT2D eigenvalue weighted by atomic mass is 10.1. The number of likely N-dealkylation sites (N-methyl/N-ethyl adjacent to an activating group) is 2. The van der Waals surface area contributed by atoms with Crippen LogP contribution in [0.2, 0.25) is 0 Å². The fourth-order valence-corrected chi connectivity index (χ4v) is 3.22. The Balaban J connectivity index is 2.04. The largest absolute Gasteiger partial charge is 0.374 e. The van der Waals surface area contributed by atoms with Crippen LogP contribution in [0.5, 0.6) is 0 Å². The van der Waals surface area contributed by atoms with Gasteiger partial charge in [0.25, 0.3) is 0 Å². The van der Waals surface area contributed by atoms with Gasteiger partial charge in [0.15, 0.2) is 0 Å². The first-order valence-electron chi connectivity index (χ1n) is 8.22. The molecule has 0 aliphatic carbocycles. The van der Waals surface area contributed by atoms with Gasteiger partial charge in [0.1, 0.15) is 0 Å². The summed E-state index contributed by atoms with van der Waals surface area (Å²) >= 11 is 0. The Hall–Kier alpha value is -1.42. The van der Waals surface area contributed by atoms with Crippen LogP contribution >= 0.6 is 0 Å². The van der Waals surface area contributed by atoms with Gasteiger partial charge in [-0.2, -0.15) is 0 Å². The van der Waals surface area contributed by atoms with E-state index in [-0.39, 0.29) is 0 Å². The molecule has 0 N–H and O–H groups in total. The summed E-state index contributed by atoms with van der Waals surface area (Å²) in [7, 11) is 4.32. The molecule has 0 saturated carbocycles. The number of hydrogen-bond acceptors (Lipinski definition) is 4. The normalized spacial score (nSPS) is 18.8. The Kier molecular flexibility index (Phi) is 5.22. The summed E-state index contributed by atoms with van der Waals surface area (Å²) in [5.41, 5.74) is 5.60. The van der Waals surface area contributed by atoms with Crippen molar-refractivity contribution in [3.05, 3.63) is 35.1 Å². The van der Waals surface area contributed by atoms with E-state index in [1.54, 1.807) is 0 Å². The summed E-state index contributed by atoms with van der Waals surface area (Å²) in [6.45, 7) is 14.5. The molecular weight excluding hydrogens is 272 g/mol. The first-order chi connectivity index (χ1) is 10.3. The molecular formula is C18H30N4. The maximum Gasteiger partial charge on any atom is 0.0759 e. The quantitative estimate of drug-likeness (QED) is 0.836. The second kappa shape index (κ2) is 6.78. The van der Waals surface area contributed by atoms with Gasteiger partial charge in [-0.05, 0) is 39.7 Å². The molecule has 1 aliphatic rings. The van der Waals surface area contributed by atoms with E-state index in [0.717, 1.165) is 42.3 Å². The van der Waals surface area contributed by atoms with Crippen LogP contribution in [0.3, 0.4) is 0 Å². The first-order valence-corrected chi connectivity index (χ1v) is 8.22. The molecule has 0 bridgehead atoms. The molecule has 1 atom stereocenters. The van der Waals surface area contributed by atoms with Gasteiger partial charge in [-0.15, -0.1) is 0 Å². The van der Waals surface area contributed by atoms with E-state index >= 15 is 0 Å². The third kappa shape index (κ3) is 3.67. The second-order valence-electron chi connectivity index (χ2n) is 6.95. The van der Waals surface area contributed by atoms with Gasteiger partial charge in [-0.3, -0.25) is 14.9 Å². The highest BCUT2D eigenvalue weighted by Crippen LogP contribution is 2.25. The van der Waals surface area contributed by atoms with Crippen LogP contribution in [0.15, 0.2) is 12.3 Å². The minimum absolute atomic E-state index is 0.427. The number of nitrogens with zero attached hydrogens (tertiary/aromatic N) is 4. The Morgan fingerprint density at radius 2 is 1.95 bits per heavy atom. The molecule has 0 radical (unpaired) electrons. The Morgan fingerprint density at radius 3 is 2.50 bits per heavy atom. The molecule has 0 amide bonds. The topological polar surface area (TPSA) is 32.3 Å². The van der Waals surface area contributed by atoms with E-state index in [1.807, 2.05) is 0 Å². The van der Waals surface area contributed by atoms with E-state index in [2.05, 4.69) is 58.2 Å². The van der Waals surface area contributed by atoms with E-state index in [0.29, 0.717) is 12.0 Å². The zero-order chi connectivity index (χ0) is 16.4. The second-order valence-corrected chi connectivity index (χ2v) is 6.95. The minimum Gasteiger partial charge on any atom is -0.374 e. The van der Waals surface area contributed by atoms with Crippen LogP contribution in [-0.2, 0) is 6.54 Å². The van der Waals surface area contributed by atoms with E-state index < -0.39 is 0 Å². The molecule has 122 valence electrons. The monoisotopic (exact) mass is 302 g/mol. The van der Waals surface area contributed by atoms with Gasteiger partial charge < -0.3 is 4.90 Å². The van der Waals surface area contributed by atoms with Crippen molar-refractivity contribution in [2.75, 3.05) is 20.6 Å². The third-order valence-electron chi connectivity index (χ3n) is 4.68. The molecule has 1 aromatic rings. The average molecular weight is 302 g/mol. The molecule has 2 rings (SSSR count). The molecule has 0 unspecified atom stereocenters. The first kappa shape index (κ1) is 16.9. The fraction of sp³-hybridized carbons (Fsp3) is 0.667. The number of likely N-dealkylation sites (tertiary alicyclic amines) is 1. The lowest BCUT2D eigenvalue weighted by molar-refractivity contribution is 0.229. The molecule has 4 nitrogen and oxygen atoms in total. The van der Waals surface area contributed by atoms with Crippen molar-refractivity contribution in [1.29, 1.82) is 0 Å². The SMILES string of the molecule is C=C1CC[C@@H](CN(C)Cc2nc(C)c(C(C)C)nc2C)N1C. The average Bonchev–Trinajstić information content (AvgIpc) is 2.74. The van der Waals surface area contributed by atoms with Crippen LogP contribution in [0.25, 0.3) is 0 Å². The van der Waals surface area contributed by atoms with Crippen molar-refractivity contribution in [2.45, 2.75) is 59.0 Å². The van der Waals surface area contributed by atoms with Crippen LogP contribution in [0, 0.1) is 13.8 Å². The van der Waals surface area contributed by atoms with Crippen LogP contribution in [0.4, 0.5) is 0 Å². The van der Waals surface area contributed by atoms with Crippen LogP contribution in [0.1, 0.15) is 55.4 Å². The standard InChI is InChI=1S/C18H30N4/c1-12(2)18-15(5)19-17(14(4)20-18)11-21(6)10-16-9-8-13(3)22(16)7/h12,16H,3,8-11H2,1-2,4-7H3/t16-/m0/s1.